The van der Waals surface area contributed by atoms with Gasteiger partial charge >= 0.3 is 0 Å². The molecule has 2 aromatic rings. The molecular formula is C13H7BrCl2O2. The van der Waals surface area contributed by atoms with Gasteiger partial charge < -0.3 is 5.11 Å². The molecule has 0 saturated heterocycles. The van der Waals surface area contributed by atoms with E-state index in [1.54, 1.807) is 30.3 Å². The van der Waals surface area contributed by atoms with Crippen LogP contribution >= 0.6 is 39.1 Å². The van der Waals surface area contributed by atoms with E-state index in [1.807, 2.05) is 0 Å². The number of benzene rings is 2. The first-order valence-corrected chi connectivity index (χ1v) is 6.53. The van der Waals surface area contributed by atoms with Gasteiger partial charge in [0.1, 0.15) is 5.75 Å². The highest BCUT2D eigenvalue weighted by Gasteiger charge is 2.21. The summed E-state index contributed by atoms with van der Waals surface area (Å²) in [6, 6.07) is 10.0. The number of carbonyl (C=O) groups excluding carboxylic acids is 1. The number of ketones is 1. The summed E-state index contributed by atoms with van der Waals surface area (Å²) >= 11 is 15.1. The van der Waals surface area contributed by atoms with E-state index >= 15 is 0 Å². The van der Waals surface area contributed by atoms with Gasteiger partial charge in [0.2, 0.25) is 0 Å². The average molecular weight is 346 g/mol. The molecule has 0 heterocycles. The van der Waals surface area contributed by atoms with Crippen LogP contribution in [0, 0.1) is 0 Å². The molecule has 1 N–H and O–H groups in total. The van der Waals surface area contributed by atoms with Crippen LogP contribution in [-0.4, -0.2) is 10.9 Å². The third-order valence-electron chi connectivity index (χ3n) is 2.41. The van der Waals surface area contributed by atoms with E-state index in [0.717, 1.165) is 0 Å². The first-order chi connectivity index (χ1) is 8.52. The van der Waals surface area contributed by atoms with Gasteiger partial charge in [0.25, 0.3) is 0 Å². The summed E-state index contributed by atoms with van der Waals surface area (Å²) in [5.41, 5.74) is 0.436. The molecular weight excluding hydrogens is 339 g/mol. The Kier molecular flexibility index (Phi) is 3.95. The zero-order chi connectivity index (χ0) is 13.3. The van der Waals surface area contributed by atoms with E-state index in [-0.39, 0.29) is 27.1 Å². The van der Waals surface area contributed by atoms with Gasteiger partial charge in [-0.1, -0.05) is 53.5 Å². The van der Waals surface area contributed by atoms with Gasteiger partial charge in [0.15, 0.2) is 5.78 Å². The molecule has 0 fully saturated rings. The van der Waals surface area contributed by atoms with Gasteiger partial charge in [0, 0.05) is 10.0 Å². The summed E-state index contributed by atoms with van der Waals surface area (Å²) in [6.07, 6.45) is 0. The van der Waals surface area contributed by atoms with Crippen molar-refractivity contribution in [2.45, 2.75) is 0 Å². The molecule has 0 amide bonds. The van der Waals surface area contributed by atoms with Crippen molar-refractivity contribution in [1.29, 1.82) is 0 Å². The molecule has 2 rings (SSSR count). The maximum absolute atomic E-state index is 12.3. The fourth-order valence-electron chi connectivity index (χ4n) is 1.53. The lowest BCUT2D eigenvalue weighted by Gasteiger charge is -2.09. The van der Waals surface area contributed by atoms with Crippen molar-refractivity contribution in [3.05, 3.63) is 62.0 Å². The second-order valence-electron chi connectivity index (χ2n) is 3.57. The highest BCUT2D eigenvalue weighted by atomic mass is 79.9. The van der Waals surface area contributed by atoms with Crippen LogP contribution in [0.1, 0.15) is 15.9 Å². The Labute approximate surface area is 122 Å². The highest BCUT2D eigenvalue weighted by molar-refractivity contribution is 9.10. The van der Waals surface area contributed by atoms with Crippen molar-refractivity contribution in [3.8, 4) is 5.75 Å². The predicted octanol–water partition coefficient (Wildman–Crippen LogP) is 4.69. The molecule has 0 aliphatic heterocycles. The van der Waals surface area contributed by atoms with Crippen molar-refractivity contribution in [2.24, 2.45) is 0 Å². The topological polar surface area (TPSA) is 37.3 Å². The van der Waals surface area contributed by atoms with Gasteiger partial charge in [-0.2, -0.15) is 0 Å². The van der Waals surface area contributed by atoms with E-state index in [0.29, 0.717) is 10.0 Å². The van der Waals surface area contributed by atoms with Gasteiger partial charge in [0.05, 0.1) is 15.6 Å². The van der Waals surface area contributed by atoms with E-state index < -0.39 is 0 Å². The Hall–Kier alpha value is -1.03. The third kappa shape index (κ3) is 2.39. The SMILES string of the molecule is O=C(c1ccccc1)c1c(O)c(Cl)cc(Br)c1Cl. The van der Waals surface area contributed by atoms with Crippen molar-refractivity contribution < 1.29 is 9.90 Å². The quantitative estimate of drug-likeness (QED) is 0.633. The lowest BCUT2D eigenvalue weighted by molar-refractivity contribution is 0.103. The Bertz CT molecular complexity index is 586. The molecule has 0 bridgehead atoms. The predicted molar refractivity (Wildman–Crippen MR) is 75.7 cm³/mol. The smallest absolute Gasteiger partial charge is 0.198 e. The van der Waals surface area contributed by atoms with Gasteiger partial charge in [-0.25, -0.2) is 0 Å². The summed E-state index contributed by atoms with van der Waals surface area (Å²) in [5.74, 6) is -0.681. The van der Waals surface area contributed by atoms with Crippen LogP contribution in [0.15, 0.2) is 40.9 Å². The molecule has 2 aromatic carbocycles. The first-order valence-electron chi connectivity index (χ1n) is 4.98. The minimum atomic E-state index is -0.374. The first kappa shape index (κ1) is 13.4. The molecule has 0 aliphatic carbocycles. The summed E-state index contributed by atoms with van der Waals surface area (Å²) < 4.78 is 0.464. The number of carbonyl (C=O) groups is 1. The lowest BCUT2D eigenvalue weighted by atomic mass is 10.0. The zero-order valence-electron chi connectivity index (χ0n) is 8.95. The molecule has 0 spiro atoms. The van der Waals surface area contributed by atoms with E-state index in [9.17, 15) is 9.90 Å². The van der Waals surface area contributed by atoms with Crippen molar-refractivity contribution >= 4 is 44.9 Å². The maximum Gasteiger partial charge on any atom is 0.198 e. The minimum Gasteiger partial charge on any atom is -0.506 e. The Morgan fingerprint density at radius 2 is 1.78 bits per heavy atom. The number of phenolic OH excluding ortho intramolecular Hbond substituents is 1. The molecule has 0 aromatic heterocycles. The molecule has 18 heavy (non-hydrogen) atoms. The number of phenols is 1. The summed E-state index contributed by atoms with van der Waals surface area (Å²) in [6.45, 7) is 0. The number of aromatic hydroxyl groups is 1. The highest BCUT2D eigenvalue weighted by Crippen LogP contribution is 2.39. The van der Waals surface area contributed by atoms with Crippen LogP contribution < -0.4 is 0 Å². The zero-order valence-corrected chi connectivity index (χ0v) is 12.1. The van der Waals surface area contributed by atoms with Crippen molar-refractivity contribution in [3.63, 3.8) is 0 Å². The molecule has 0 saturated carbocycles. The van der Waals surface area contributed by atoms with Crippen molar-refractivity contribution in [1.82, 2.24) is 0 Å². The van der Waals surface area contributed by atoms with E-state index in [4.69, 9.17) is 23.2 Å². The second-order valence-corrected chi connectivity index (χ2v) is 5.21. The monoisotopic (exact) mass is 344 g/mol. The molecule has 0 radical (unpaired) electrons. The van der Waals surface area contributed by atoms with Gasteiger partial charge in [-0.3, -0.25) is 4.79 Å². The largest absolute Gasteiger partial charge is 0.506 e. The van der Waals surface area contributed by atoms with Crippen LogP contribution in [0.3, 0.4) is 0 Å². The molecule has 2 nitrogen and oxygen atoms in total. The Balaban J connectivity index is 2.62. The van der Waals surface area contributed by atoms with Gasteiger partial charge in [-0.15, -0.1) is 0 Å². The number of halogens is 3. The normalized spacial score (nSPS) is 10.4. The van der Waals surface area contributed by atoms with Crippen LogP contribution in [0.2, 0.25) is 10.0 Å². The van der Waals surface area contributed by atoms with E-state index in [2.05, 4.69) is 15.9 Å². The number of hydrogen-bond acceptors (Lipinski definition) is 2. The molecule has 0 unspecified atom stereocenters. The number of rotatable bonds is 2. The summed E-state index contributed by atoms with van der Waals surface area (Å²) in [5, 5.41) is 10.1. The third-order valence-corrected chi connectivity index (χ3v) is 3.94. The lowest BCUT2D eigenvalue weighted by Crippen LogP contribution is -2.03. The summed E-state index contributed by atoms with van der Waals surface area (Å²) in [4.78, 5) is 12.3. The van der Waals surface area contributed by atoms with Crippen LogP contribution in [0.25, 0.3) is 0 Å². The molecule has 0 atom stereocenters. The summed E-state index contributed by atoms with van der Waals surface area (Å²) in [7, 11) is 0. The second kappa shape index (κ2) is 5.31. The van der Waals surface area contributed by atoms with Crippen LogP contribution in [0.4, 0.5) is 0 Å². The van der Waals surface area contributed by atoms with E-state index in [1.165, 1.54) is 6.07 Å². The maximum atomic E-state index is 12.3. The van der Waals surface area contributed by atoms with Crippen LogP contribution in [-0.2, 0) is 0 Å². The van der Waals surface area contributed by atoms with Crippen LogP contribution in [0.5, 0.6) is 5.75 Å². The molecule has 0 aliphatic rings. The number of hydrogen-bond donors (Lipinski definition) is 1. The Morgan fingerprint density at radius 1 is 1.17 bits per heavy atom. The fraction of sp³-hybridized carbons (Fsp3) is 0. The minimum absolute atomic E-state index is 0.00208. The fourth-order valence-corrected chi connectivity index (χ4v) is 2.52. The molecule has 92 valence electrons. The standard InChI is InChI=1S/C13H7BrCl2O2/c14-8-6-9(15)13(18)10(11(8)16)12(17)7-4-2-1-3-5-7/h1-6,18H. The Morgan fingerprint density at radius 3 is 2.39 bits per heavy atom. The van der Waals surface area contributed by atoms with Crippen molar-refractivity contribution in [2.75, 3.05) is 0 Å². The molecule has 5 heteroatoms. The van der Waals surface area contributed by atoms with Gasteiger partial charge in [-0.05, 0) is 22.0 Å². The average Bonchev–Trinajstić information content (AvgIpc) is 2.37.